The number of hydrogen-bond donors (Lipinski definition) is 1. The number of nitrogens with one attached hydrogen (secondary N) is 1. The predicted molar refractivity (Wildman–Crippen MR) is 125 cm³/mol. The molecule has 3 aromatic carbocycles. The maximum Gasteiger partial charge on any atom is 0.271 e. The van der Waals surface area contributed by atoms with Crippen molar-refractivity contribution in [2.45, 2.75) is 20.4 Å². The van der Waals surface area contributed by atoms with E-state index in [1.807, 2.05) is 38.1 Å². The van der Waals surface area contributed by atoms with Crippen molar-refractivity contribution in [1.82, 2.24) is 9.99 Å². The summed E-state index contributed by atoms with van der Waals surface area (Å²) < 4.78 is 20.8. The molecular weight excluding hydrogens is 405 g/mol. The second-order valence-corrected chi connectivity index (χ2v) is 7.39. The minimum atomic E-state index is -0.294. The fourth-order valence-electron chi connectivity index (χ4n) is 3.69. The first-order chi connectivity index (χ1) is 15.6. The first kappa shape index (κ1) is 21.3. The van der Waals surface area contributed by atoms with Gasteiger partial charge in [0.15, 0.2) is 0 Å². The predicted octanol–water partition coefficient (Wildman–Crippen LogP) is 5.30. The highest BCUT2D eigenvalue weighted by Crippen LogP contribution is 2.25. The topological polar surface area (TPSA) is 55.6 Å². The summed E-state index contributed by atoms with van der Waals surface area (Å²) in [5.74, 6) is 0.174. The van der Waals surface area contributed by atoms with Gasteiger partial charge in [-0.25, -0.2) is 9.82 Å². The van der Waals surface area contributed by atoms with E-state index in [-0.39, 0.29) is 11.7 Å². The standard InChI is InChI=1S/C26H24FN3O2/c1-3-32-22-14-10-20(11-15-22)26(31)29-28-16-24-18(2)30(25-7-5-4-6-23(24)25)17-19-8-12-21(27)13-9-19/h4-16H,3,17H2,1-2H3,(H,29,31)/b28-16+. The van der Waals surface area contributed by atoms with Crippen LogP contribution in [0.4, 0.5) is 4.39 Å². The number of hydrazone groups is 1. The Balaban J connectivity index is 1.56. The summed E-state index contributed by atoms with van der Waals surface area (Å²) in [6.45, 7) is 5.11. The van der Waals surface area contributed by atoms with Gasteiger partial charge in [0, 0.05) is 34.3 Å². The maximum atomic E-state index is 13.3. The van der Waals surface area contributed by atoms with Crippen LogP contribution in [0.25, 0.3) is 10.9 Å². The largest absolute Gasteiger partial charge is 0.494 e. The molecule has 0 atom stereocenters. The lowest BCUT2D eigenvalue weighted by Crippen LogP contribution is -2.17. The number of nitrogens with zero attached hydrogens (tertiary/aromatic N) is 2. The molecule has 32 heavy (non-hydrogen) atoms. The first-order valence-electron chi connectivity index (χ1n) is 10.5. The molecule has 0 bridgehead atoms. The van der Waals surface area contributed by atoms with E-state index in [0.717, 1.165) is 33.5 Å². The van der Waals surface area contributed by atoms with Gasteiger partial charge in [-0.1, -0.05) is 30.3 Å². The Bertz CT molecular complexity index is 1260. The number of ether oxygens (including phenoxy) is 1. The molecule has 4 aromatic rings. The van der Waals surface area contributed by atoms with Crippen LogP contribution in [-0.4, -0.2) is 23.3 Å². The minimum absolute atomic E-state index is 0.251. The van der Waals surface area contributed by atoms with Crippen molar-refractivity contribution in [3.63, 3.8) is 0 Å². The van der Waals surface area contributed by atoms with Crippen LogP contribution < -0.4 is 10.2 Å². The van der Waals surface area contributed by atoms with Crippen molar-refractivity contribution in [3.05, 3.63) is 101 Å². The molecule has 0 aliphatic heterocycles. The van der Waals surface area contributed by atoms with Crippen molar-refractivity contribution >= 4 is 23.0 Å². The van der Waals surface area contributed by atoms with Gasteiger partial charge in [0.05, 0.1) is 12.8 Å². The van der Waals surface area contributed by atoms with Crippen molar-refractivity contribution in [1.29, 1.82) is 0 Å². The van der Waals surface area contributed by atoms with Gasteiger partial charge in [0.1, 0.15) is 11.6 Å². The zero-order valence-electron chi connectivity index (χ0n) is 18.0. The van der Waals surface area contributed by atoms with E-state index in [1.165, 1.54) is 12.1 Å². The van der Waals surface area contributed by atoms with Crippen molar-refractivity contribution in [2.24, 2.45) is 5.10 Å². The monoisotopic (exact) mass is 429 g/mol. The van der Waals surface area contributed by atoms with Gasteiger partial charge in [-0.15, -0.1) is 0 Å². The number of aromatic nitrogens is 1. The fraction of sp³-hybridized carbons (Fsp3) is 0.154. The molecule has 6 heteroatoms. The number of para-hydroxylation sites is 1. The van der Waals surface area contributed by atoms with Crippen molar-refractivity contribution in [2.75, 3.05) is 6.61 Å². The maximum absolute atomic E-state index is 13.3. The number of carbonyl (C=O) groups excluding carboxylic acids is 1. The van der Waals surface area contributed by atoms with Crippen LogP contribution in [0, 0.1) is 12.7 Å². The second-order valence-electron chi connectivity index (χ2n) is 7.39. The summed E-state index contributed by atoms with van der Waals surface area (Å²) in [4.78, 5) is 12.4. The van der Waals surface area contributed by atoms with Gasteiger partial charge in [0.25, 0.3) is 5.91 Å². The van der Waals surface area contributed by atoms with Gasteiger partial charge < -0.3 is 9.30 Å². The van der Waals surface area contributed by atoms with Gasteiger partial charge in [0.2, 0.25) is 0 Å². The molecule has 5 nitrogen and oxygen atoms in total. The van der Waals surface area contributed by atoms with Crippen LogP contribution in [0.5, 0.6) is 5.75 Å². The Kier molecular flexibility index (Phi) is 6.31. The number of rotatable bonds is 7. The molecule has 1 amide bonds. The Morgan fingerprint density at radius 2 is 1.78 bits per heavy atom. The van der Waals surface area contributed by atoms with E-state index in [4.69, 9.17) is 4.74 Å². The molecule has 1 N–H and O–H groups in total. The van der Waals surface area contributed by atoms with E-state index >= 15 is 0 Å². The normalized spacial score (nSPS) is 11.2. The molecule has 0 saturated carbocycles. The van der Waals surface area contributed by atoms with Crippen molar-refractivity contribution in [3.8, 4) is 5.75 Å². The molecular formula is C26H24FN3O2. The third-order valence-corrected chi connectivity index (χ3v) is 5.32. The van der Waals surface area contributed by atoms with Gasteiger partial charge in [-0.05, 0) is 61.9 Å². The lowest BCUT2D eigenvalue weighted by Gasteiger charge is -2.08. The van der Waals surface area contributed by atoms with Crippen LogP contribution in [0.2, 0.25) is 0 Å². The van der Waals surface area contributed by atoms with Crippen molar-refractivity contribution < 1.29 is 13.9 Å². The van der Waals surface area contributed by atoms with Crippen LogP contribution in [-0.2, 0) is 6.54 Å². The number of benzene rings is 3. The lowest BCUT2D eigenvalue weighted by molar-refractivity contribution is 0.0955. The summed E-state index contributed by atoms with van der Waals surface area (Å²) in [6.07, 6.45) is 1.67. The molecule has 1 aromatic heterocycles. The van der Waals surface area contributed by atoms with E-state index in [2.05, 4.69) is 15.1 Å². The smallest absolute Gasteiger partial charge is 0.271 e. The minimum Gasteiger partial charge on any atom is -0.494 e. The lowest BCUT2D eigenvalue weighted by atomic mass is 10.1. The third-order valence-electron chi connectivity index (χ3n) is 5.32. The summed E-state index contributed by atoms with van der Waals surface area (Å²) in [6, 6.07) is 21.5. The summed E-state index contributed by atoms with van der Waals surface area (Å²) >= 11 is 0. The highest BCUT2D eigenvalue weighted by atomic mass is 19.1. The van der Waals surface area contributed by atoms with E-state index in [0.29, 0.717) is 18.7 Å². The van der Waals surface area contributed by atoms with Crippen LogP contribution in [0.1, 0.15) is 34.1 Å². The molecule has 4 rings (SSSR count). The first-order valence-corrected chi connectivity index (χ1v) is 10.5. The third kappa shape index (κ3) is 4.54. The average Bonchev–Trinajstić information content (AvgIpc) is 3.07. The van der Waals surface area contributed by atoms with Gasteiger partial charge >= 0.3 is 0 Å². The highest BCUT2D eigenvalue weighted by molar-refractivity contribution is 6.02. The van der Waals surface area contributed by atoms with Crippen LogP contribution in [0.15, 0.2) is 77.9 Å². The number of carbonyl (C=O) groups is 1. The molecule has 1 heterocycles. The number of halogens is 1. The number of fused-ring (bicyclic) bond motifs is 1. The molecule has 0 aliphatic rings. The molecule has 0 spiro atoms. The van der Waals surface area contributed by atoms with Crippen LogP contribution in [0.3, 0.4) is 0 Å². The van der Waals surface area contributed by atoms with Gasteiger partial charge in [-0.3, -0.25) is 4.79 Å². The molecule has 0 saturated heterocycles. The van der Waals surface area contributed by atoms with E-state index in [1.54, 1.807) is 42.6 Å². The Labute approximate surface area is 186 Å². The summed E-state index contributed by atoms with van der Waals surface area (Å²) in [5, 5.41) is 5.23. The number of amides is 1. The molecule has 0 aliphatic carbocycles. The zero-order chi connectivity index (χ0) is 22.5. The average molecular weight is 429 g/mol. The highest BCUT2D eigenvalue weighted by Gasteiger charge is 2.13. The quantitative estimate of drug-likeness (QED) is 0.320. The molecule has 0 unspecified atom stereocenters. The van der Waals surface area contributed by atoms with E-state index < -0.39 is 0 Å². The summed E-state index contributed by atoms with van der Waals surface area (Å²) in [5.41, 5.74) is 7.08. The fourth-order valence-corrected chi connectivity index (χ4v) is 3.69. The second kappa shape index (κ2) is 9.47. The Morgan fingerprint density at radius 1 is 1.06 bits per heavy atom. The van der Waals surface area contributed by atoms with Gasteiger partial charge in [-0.2, -0.15) is 5.10 Å². The van der Waals surface area contributed by atoms with Crippen LogP contribution >= 0.6 is 0 Å². The summed E-state index contributed by atoms with van der Waals surface area (Å²) in [7, 11) is 0. The molecule has 0 radical (unpaired) electrons. The molecule has 0 fully saturated rings. The van der Waals surface area contributed by atoms with E-state index in [9.17, 15) is 9.18 Å². The number of hydrogen-bond acceptors (Lipinski definition) is 3. The Hall–Kier alpha value is -3.93. The Morgan fingerprint density at radius 3 is 2.50 bits per heavy atom. The molecule has 162 valence electrons. The zero-order valence-corrected chi connectivity index (χ0v) is 18.0. The SMILES string of the molecule is CCOc1ccc(C(=O)N/N=C/c2c(C)n(Cc3ccc(F)cc3)c3ccccc23)cc1.